The van der Waals surface area contributed by atoms with Crippen LogP contribution in [0.25, 0.3) is 87.6 Å². The number of anilines is 6. The number of fused-ring (bicyclic) bond motifs is 4. The van der Waals surface area contributed by atoms with E-state index in [0.717, 1.165) is 34.1 Å². The predicted octanol–water partition coefficient (Wildman–Crippen LogP) is 21.1. The van der Waals surface area contributed by atoms with E-state index in [9.17, 15) is 0 Å². The zero-order chi connectivity index (χ0) is 51.3. The van der Waals surface area contributed by atoms with Crippen molar-refractivity contribution in [3.8, 4) is 44.5 Å². The zero-order valence-corrected chi connectivity index (χ0v) is 43.3. The van der Waals surface area contributed by atoms with Gasteiger partial charge >= 0.3 is 0 Å². The molecule has 0 radical (unpaired) electrons. The van der Waals surface area contributed by atoms with Gasteiger partial charge in [-0.25, -0.2) is 0 Å². The van der Waals surface area contributed by atoms with Crippen LogP contribution in [0.5, 0.6) is 0 Å². The molecule has 0 aliphatic rings. The van der Waals surface area contributed by atoms with E-state index in [1.54, 1.807) is 0 Å². The minimum atomic E-state index is 1.12. The average Bonchev–Trinajstić information content (AvgIpc) is 3.47. The number of aryl methyl sites for hydroxylation is 4. The van der Waals surface area contributed by atoms with Crippen LogP contribution in [0.2, 0.25) is 0 Å². The monoisotopic (exact) mass is 972 g/mol. The number of benzene rings is 13. The van der Waals surface area contributed by atoms with Crippen molar-refractivity contribution >= 4 is 77.2 Å². The highest BCUT2D eigenvalue weighted by Crippen LogP contribution is 2.43. The van der Waals surface area contributed by atoms with E-state index in [1.165, 1.54) is 110 Å². The Morgan fingerprint density at radius 3 is 0.711 bits per heavy atom. The van der Waals surface area contributed by atoms with Gasteiger partial charge in [0.1, 0.15) is 0 Å². The Bertz CT molecular complexity index is 3900. The maximum atomic E-state index is 2.37. The molecule has 0 fully saturated rings. The molecule has 0 N–H and O–H groups in total. The van der Waals surface area contributed by atoms with Crippen LogP contribution < -0.4 is 9.80 Å². The molecular weight excluding hydrogens is 917 g/mol. The van der Waals surface area contributed by atoms with Crippen LogP contribution in [0.1, 0.15) is 22.3 Å². The lowest BCUT2D eigenvalue weighted by Crippen LogP contribution is -2.09. The Morgan fingerprint density at radius 1 is 0.197 bits per heavy atom. The van der Waals surface area contributed by atoms with Gasteiger partial charge in [-0.1, -0.05) is 192 Å². The van der Waals surface area contributed by atoms with Crippen molar-refractivity contribution in [1.29, 1.82) is 0 Å². The van der Waals surface area contributed by atoms with E-state index in [1.807, 2.05) is 0 Å². The summed E-state index contributed by atoms with van der Waals surface area (Å²) in [6.45, 7) is 8.54. The highest BCUT2D eigenvalue weighted by molar-refractivity contribution is 6.09. The smallest absolute Gasteiger partial charge is 0.0462 e. The largest absolute Gasteiger partial charge is 0.311 e. The van der Waals surface area contributed by atoms with Crippen LogP contribution in [0.3, 0.4) is 0 Å². The van der Waals surface area contributed by atoms with Crippen molar-refractivity contribution in [3.05, 3.63) is 289 Å². The standard InChI is InChI=1S/C74H56N2/c1-49-13-29-61(30-14-49)75(62-31-15-50(2)16-32-62)65-37-25-53(26-38-65)67-41-43-69(73-11-7-5-9-71(67)73)57-23-21-55-46-60-48-58(24-22-56(60)45-59(55)47-57)70-44-42-68(72-10-6-8-12-74(70)72)54-27-39-66(40-28-54)76(63-33-17-51(3)18-34-63)64-35-19-52(4)20-36-64/h5-48H,1-4H3. The first kappa shape index (κ1) is 46.3. The summed E-state index contributed by atoms with van der Waals surface area (Å²) < 4.78 is 0. The molecule has 76 heavy (non-hydrogen) atoms. The molecule has 2 nitrogen and oxygen atoms in total. The summed E-state index contributed by atoms with van der Waals surface area (Å²) >= 11 is 0. The maximum absolute atomic E-state index is 2.37. The third kappa shape index (κ3) is 8.74. The summed E-state index contributed by atoms with van der Waals surface area (Å²) in [5, 5.41) is 9.89. The molecule has 0 saturated carbocycles. The fourth-order valence-electron chi connectivity index (χ4n) is 11.2. The van der Waals surface area contributed by atoms with Gasteiger partial charge in [0.05, 0.1) is 0 Å². The van der Waals surface area contributed by atoms with Gasteiger partial charge in [0.25, 0.3) is 0 Å². The third-order valence-electron chi connectivity index (χ3n) is 15.3. The van der Waals surface area contributed by atoms with Crippen LogP contribution in [0.15, 0.2) is 267 Å². The first-order valence-corrected chi connectivity index (χ1v) is 26.4. The van der Waals surface area contributed by atoms with Crippen molar-refractivity contribution < 1.29 is 0 Å². The molecule has 0 spiro atoms. The zero-order valence-electron chi connectivity index (χ0n) is 43.3. The summed E-state index contributed by atoms with van der Waals surface area (Å²) in [7, 11) is 0. The Kier molecular flexibility index (Phi) is 11.8. The number of hydrogen-bond donors (Lipinski definition) is 0. The van der Waals surface area contributed by atoms with Gasteiger partial charge in [-0.3, -0.25) is 0 Å². The molecule has 13 rings (SSSR count). The Balaban J connectivity index is 0.794. The summed E-state index contributed by atoms with van der Waals surface area (Å²) in [5.41, 5.74) is 21.5. The molecule has 0 amide bonds. The number of nitrogens with zero attached hydrogens (tertiary/aromatic N) is 2. The molecule has 0 unspecified atom stereocenters. The lowest BCUT2D eigenvalue weighted by atomic mass is 9.90. The average molecular weight is 973 g/mol. The quantitative estimate of drug-likeness (QED) is 0.126. The van der Waals surface area contributed by atoms with E-state index in [-0.39, 0.29) is 0 Å². The normalized spacial score (nSPS) is 11.4. The van der Waals surface area contributed by atoms with Gasteiger partial charge in [0.2, 0.25) is 0 Å². The maximum Gasteiger partial charge on any atom is 0.0462 e. The van der Waals surface area contributed by atoms with Gasteiger partial charge in [0, 0.05) is 34.1 Å². The third-order valence-corrected chi connectivity index (χ3v) is 15.3. The van der Waals surface area contributed by atoms with Gasteiger partial charge < -0.3 is 9.80 Å². The minimum absolute atomic E-state index is 1.12. The van der Waals surface area contributed by atoms with Crippen LogP contribution in [-0.4, -0.2) is 0 Å². The van der Waals surface area contributed by atoms with Gasteiger partial charge in [-0.05, 0) is 212 Å². The molecule has 0 saturated heterocycles. The van der Waals surface area contributed by atoms with Crippen LogP contribution >= 0.6 is 0 Å². The highest BCUT2D eigenvalue weighted by atomic mass is 15.1. The van der Waals surface area contributed by atoms with E-state index >= 15 is 0 Å². The minimum Gasteiger partial charge on any atom is -0.311 e. The van der Waals surface area contributed by atoms with E-state index in [4.69, 9.17) is 0 Å². The van der Waals surface area contributed by atoms with Crippen LogP contribution in [0, 0.1) is 27.7 Å². The number of rotatable bonds is 10. The molecule has 0 heterocycles. The van der Waals surface area contributed by atoms with Crippen molar-refractivity contribution in [2.45, 2.75) is 27.7 Å². The molecule has 0 aliphatic carbocycles. The van der Waals surface area contributed by atoms with E-state index < -0.39 is 0 Å². The van der Waals surface area contributed by atoms with Gasteiger partial charge in [-0.2, -0.15) is 0 Å². The molecule has 13 aromatic carbocycles. The first-order chi connectivity index (χ1) is 37.3. The van der Waals surface area contributed by atoms with Crippen molar-refractivity contribution in [2.24, 2.45) is 0 Å². The molecule has 2 heteroatoms. The first-order valence-electron chi connectivity index (χ1n) is 26.4. The molecule has 0 atom stereocenters. The van der Waals surface area contributed by atoms with Crippen LogP contribution in [0.4, 0.5) is 34.1 Å². The fourth-order valence-corrected chi connectivity index (χ4v) is 11.2. The lowest BCUT2D eigenvalue weighted by Gasteiger charge is -2.26. The van der Waals surface area contributed by atoms with Crippen molar-refractivity contribution in [1.82, 2.24) is 0 Å². The second kappa shape index (κ2) is 19.4. The summed E-state index contributed by atoms with van der Waals surface area (Å²) in [6, 6.07) is 98.7. The van der Waals surface area contributed by atoms with E-state index in [0.29, 0.717) is 0 Å². The highest BCUT2D eigenvalue weighted by Gasteiger charge is 2.17. The fraction of sp³-hybridized carbons (Fsp3) is 0.0541. The van der Waals surface area contributed by atoms with E-state index in [2.05, 4.69) is 304 Å². The van der Waals surface area contributed by atoms with Gasteiger partial charge in [0.15, 0.2) is 0 Å². The molecule has 362 valence electrons. The van der Waals surface area contributed by atoms with Crippen LogP contribution in [-0.2, 0) is 0 Å². The number of hydrogen-bond acceptors (Lipinski definition) is 2. The second-order valence-electron chi connectivity index (χ2n) is 20.5. The lowest BCUT2D eigenvalue weighted by molar-refractivity contribution is 1.27. The van der Waals surface area contributed by atoms with Crippen molar-refractivity contribution in [2.75, 3.05) is 9.80 Å². The Hall–Kier alpha value is -9.50. The Labute approximate surface area is 446 Å². The summed E-state index contributed by atoms with van der Waals surface area (Å²) in [6.07, 6.45) is 0. The molecular formula is C74H56N2. The molecule has 13 aromatic rings. The summed E-state index contributed by atoms with van der Waals surface area (Å²) in [4.78, 5) is 4.67. The Morgan fingerprint density at radius 2 is 0.434 bits per heavy atom. The molecule has 0 aromatic heterocycles. The molecule has 0 bridgehead atoms. The second-order valence-corrected chi connectivity index (χ2v) is 20.5. The molecule has 0 aliphatic heterocycles. The van der Waals surface area contributed by atoms with Gasteiger partial charge in [-0.15, -0.1) is 0 Å². The SMILES string of the molecule is Cc1ccc(N(c2ccc(C)cc2)c2ccc(-c3ccc(-c4ccc5cc6cc(-c7ccc(-c8ccc(N(c9ccc(C)cc9)c9ccc(C)cc9)cc8)c8ccccc78)ccc6cc5c4)c4ccccc34)cc2)cc1. The van der Waals surface area contributed by atoms with Crippen molar-refractivity contribution in [3.63, 3.8) is 0 Å². The topological polar surface area (TPSA) is 6.48 Å². The summed E-state index contributed by atoms with van der Waals surface area (Å²) in [5.74, 6) is 0. The predicted molar refractivity (Wildman–Crippen MR) is 327 cm³/mol.